The van der Waals surface area contributed by atoms with Crippen molar-refractivity contribution >= 4 is 27.5 Å². The van der Waals surface area contributed by atoms with E-state index in [1.165, 1.54) is 6.08 Å². The predicted molar refractivity (Wildman–Crippen MR) is 82.3 cm³/mol. The fourth-order valence-electron chi connectivity index (χ4n) is 1.52. The Bertz CT molecular complexity index is 669. The van der Waals surface area contributed by atoms with Crippen molar-refractivity contribution in [1.82, 2.24) is 0 Å². The van der Waals surface area contributed by atoms with Crippen LogP contribution in [-0.4, -0.2) is 26.2 Å². The summed E-state index contributed by atoms with van der Waals surface area (Å²) in [6, 6.07) is 8.86. The summed E-state index contributed by atoms with van der Waals surface area (Å²) in [4.78, 5) is 0. The Labute approximate surface area is 127 Å². The van der Waals surface area contributed by atoms with E-state index in [0.717, 1.165) is 22.5 Å². The quantitative estimate of drug-likeness (QED) is 0.859. The summed E-state index contributed by atoms with van der Waals surface area (Å²) in [7, 11) is -4.00. The standard InChI is InChI=1S/C8H8O3S.C6H6O2S/c9-12(10,11)7-6-8-4-2-1-3-5-8;1-2-8-6-4-9-3-5(6)7-1/h1-7H,(H,9,10,11);3-4H,1-2H2/b7-6+;. The van der Waals surface area contributed by atoms with Crippen LogP contribution in [0.15, 0.2) is 46.5 Å². The summed E-state index contributed by atoms with van der Waals surface area (Å²) >= 11 is 1.61. The molecule has 7 heteroatoms. The molecular formula is C14H14O5S2. The summed E-state index contributed by atoms with van der Waals surface area (Å²) < 4.78 is 39.4. The van der Waals surface area contributed by atoms with E-state index in [4.69, 9.17) is 14.0 Å². The van der Waals surface area contributed by atoms with Crippen LogP contribution >= 0.6 is 11.3 Å². The lowest BCUT2D eigenvalue weighted by atomic mass is 10.2. The summed E-state index contributed by atoms with van der Waals surface area (Å²) in [6.07, 6.45) is 1.33. The average molecular weight is 326 g/mol. The molecule has 0 unspecified atom stereocenters. The molecule has 0 fully saturated rings. The van der Waals surface area contributed by atoms with Gasteiger partial charge in [0.25, 0.3) is 10.1 Å². The summed E-state index contributed by atoms with van der Waals surface area (Å²) in [5.74, 6) is 1.79. The molecule has 2 heterocycles. The van der Waals surface area contributed by atoms with E-state index in [2.05, 4.69) is 0 Å². The molecule has 0 spiro atoms. The van der Waals surface area contributed by atoms with Crippen LogP contribution in [0.4, 0.5) is 0 Å². The van der Waals surface area contributed by atoms with E-state index < -0.39 is 10.1 Å². The van der Waals surface area contributed by atoms with E-state index in [-0.39, 0.29) is 0 Å². The highest BCUT2D eigenvalue weighted by molar-refractivity contribution is 7.88. The molecule has 0 saturated carbocycles. The van der Waals surface area contributed by atoms with Gasteiger partial charge in [0.1, 0.15) is 13.2 Å². The van der Waals surface area contributed by atoms with E-state index >= 15 is 0 Å². The first-order valence-corrected chi connectivity index (χ1v) is 8.51. The molecule has 0 amide bonds. The Morgan fingerprint density at radius 2 is 1.62 bits per heavy atom. The topological polar surface area (TPSA) is 72.8 Å². The largest absolute Gasteiger partial charge is 0.485 e. The molecule has 0 aliphatic carbocycles. The summed E-state index contributed by atoms with van der Waals surface area (Å²) in [5, 5.41) is 4.66. The number of benzene rings is 1. The van der Waals surface area contributed by atoms with Crippen LogP contribution in [0.3, 0.4) is 0 Å². The minimum Gasteiger partial charge on any atom is -0.485 e. The van der Waals surface area contributed by atoms with Crippen molar-refractivity contribution in [3.8, 4) is 11.5 Å². The predicted octanol–water partition coefficient (Wildman–Crippen LogP) is 3.06. The van der Waals surface area contributed by atoms with Crippen LogP contribution in [-0.2, 0) is 10.1 Å². The molecule has 21 heavy (non-hydrogen) atoms. The van der Waals surface area contributed by atoms with Gasteiger partial charge in [0.2, 0.25) is 0 Å². The monoisotopic (exact) mass is 326 g/mol. The Balaban J connectivity index is 0.000000159. The van der Waals surface area contributed by atoms with Gasteiger partial charge in [0.15, 0.2) is 11.5 Å². The molecule has 3 rings (SSSR count). The van der Waals surface area contributed by atoms with Gasteiger partial charge in [-0.2, -0.15) is 8.42 Å². The van der Waals surface area contributed by atoms with Crippen molar-refractivity contribution in [2.45, 2.75) is 0 Å². The van der Waals surface area contributed by atoms with Crippen molar-refractivity contribution in [3.63, 3.8) is 0 Å². The highest BCUT2D eigenvalue weighted by atomic mass is 32.2. The van der Waals surface area contributed by atoms with Crippen LogP contribution in [0.2, 0.25) is 0 Å². The SMILES string of the molecule is O=S(=O)(O)/C=C/c1ccccc1.c1scc2c1OCCO2. The number of fused-ring (bicyclic) bond motifs is 1. The third-order valence-electron chi connectivity index (χ3n) is 2.42. The zero-order chi connectivity index (χ0) is 15.1. The van der Waals surface area contributed by atoms with Crippen LogP contribution < -0.4 is 9.47 Å². The van der Waals surface area contributed by atoms with Crippen molar-refractivity contribution in [3.05, 3.63) is 52.1 Å². The Kier molecular flexibility index (Phi) is 5.38. The number of ether oxygens (including phenoxy) is 2. The van der Waals surface area contributed by atoms with E-state index in [0.29, 0.717) is 13.2 Å². The van der Waals surface area contributed by atoms with Crippen LogP contribution in [0, 0.1) is 0 Å². The highest BCUT2D eigenvalue weighted by Crippen LogP contribution is 2.33. The second-order valence-corrected chi connectivity index (χ2v) is 6.07. The van der Waals surface area contributed by atoms with Gasteiger partial charge in [-0.3, -0.25) is 4.55 Å². The molecule has 0 atom stereocenters. The fourth-order valence-corrected chi connectivity index (χ4v) is 2.53. The minimum absolute atomic E-state index is 0.684. The lowest BCUT2D eigenvalue weighted by Gasteiger charge is -2.13. The number of rotatable bonds is 2. The molecule has 0 saturated heterocycles. The average Bonchev–Trinajstić information content (AvgIpc) is 2.95. The molecule has 5 nitrogen and oxygen atoms in total. The molecule has 0 radical (unpaired) electrons. The second kappa shape index (κ2) is 7.26. The lowest BCUT2D eigenvalue weighted by Crippen LogP contribution is -2.13. The number of hydrogen-bond acceptors (Lipinski definition) is 5. The molecule has 1 aliphatic rings. The van der Waals surface area contributed by atoms with Crippen molar-refractivity contribution < 1.29 is 22.4 Å². The molecule has 112 valence electrons. The van der Waals surface area contributed by atoms with Gasteiger partial charge < -0.3 is 9.47 Å². The Hall–Kier alpha value is -1.83. The van der Waals surface area contributed by atoms with Crippen molar-refractivity contribution in [2.24, 2.45) is 0 Å². The van der Waals surface area contributed by atoms with Gasteiger partial charge in [-0.05, 0) is 11.6 Å². The zero-order valence-electron chi connectivity index (χ0n) is 11.0. The first-order chi connectivity index (χ1) is 10.0. The maximum Gasteiger partial charge on any atom is 0.287 e. The highest BCUT2D eigenvalue weighted by Gasteiger charge is 2.10. The van der Waals surface area contributed by atoms with Crippen LogP contribution in [0.25, 0.3) is 6.08 Å². The lowest BCUT2D eigenvalue weighted by molar-refractivity contribution is 0.173. The summed E-state index contributed by atoms with van der Waals surface area (Å²) in [5.41, 5.74) is 0.732. The molecule has 1 aromatic carbocycles. The minimum atomic E-state index is -4.00. The van der Waals surface area contributed by atoms with Gasteiger partial charge in [-0.25, -0.2) is 0 Å². The zero-order valence-corrected chi connectivity index (χ0v) is 12.6. The van der Waals surface area contributed by atoms with Crippen LogP contribution in [0.1, 0.15) is 5.56 Å². The molecular weight excluding hydrogens is 312 g/mol. The number of thiophene rings is 1. The second-order valence-electron chi connectivity index (χ2n) is 4.03. The summed E-state index contributed by atoms with van der Waals surface area (Å²) in [6.45, 7) is 1.37. The van der Waals surface area contributed by atoms with Gasteiger partial charge >= 0.3 is 0 Å². The van der Waals surface area contributed by atoms with Gasteiger partial charge in [0.05, 0.1) is 5.41 Å². The maximum absolute atomic E-state index is 10.3. The molecule has 1 aromatic heterocycles. The maximum atomic E-state index is 10.3. The van der Waals surface area contributed by atoms with Gasteiger partial charge in [0, 0.05) is 10.8 Å². The smallest absolute Gasteiger partial charge is 0.287 e. The normalized spacial score (nSPS) is 13.6. The van der Waals surface area contributed by atoms with E-state index in [1.54, 1.807) is 35.6 Å². The van der Waals surface area contributed by atoms with E-state index in [1.807, 2.05) is 16.8 Å². The first-order valence-electron chi connectivity index (χ1n) is 6.07. The van der Waals surface area contributed by atoms with E-state index in [9.17, 15) is 8.42 Å². The van der Waals surface area contributed by atoms with Crippen molar-refractivity contribution in [1.29, 1.82) is 0 Å². The molecule has 0 bridgehead atoms. The van der Waals surface area contributed by atoms with Gasteiger partial charge in [-0.15, -0.1) is 11.3 Å². The number of hydrogen-bond donors (Lipinski definition) is 1. The van der Waals surface area contributed by atoms with Gasteiger partial charge in [-0.1, -0.05) is 30.3 Å². The third kappa shape index (κ3) is 5.58. The molecule has 1 aliphatic heterocycles. The Morgan fingerprint density at radius 3 is 2.14 bits per heavy atom. The first kappa shape index (κ1) is 15.6. The molecule has 2 aromatic rings. The third-order valence-corrected chi connectivity index (χ3v) is 3.60. The fraction of sp³-hybridized carbons (Fsp3) is 0.143. The molecule has 1 N–H and O–H groups in total. The Morgan fingerprint density at radius 1 is 1.05 bits per heavy atom. The van der Waals surface area contributed by atoms with Crippen molar-refractivity contribution in [2.75, 3.05) is 13.2 Å². The van der Waals surface area contributed by atoms with Crippen LogP contribution in [0.5, 0.6) is 11.5 Å².